The lowest BCUT2D eigenvalue weighted by molar-refractivity contribution is -0.117. The average Bonchev–Trinajstić information content (AvgIpc) is 3.09. The Morgan fingerprint density at radius 3 is 2.27 bits per heavy atom. The summed E-state index contributed by atoms with van der Waals surface area (Å²) >= 11 is 0. The van der Waals surface area contributed by atoms with Crippen molar-refractivity contribution >= 4 is 23.2 Å². The summed E-state index contributed by atoms with van der Waals surface area (Å²) in [4.78, 5) is 31.3. The maximum absolute atomic E-state index is 12.7. The lowest BCUT2D eigenvalue weighted by atomic mass is 10.2. The summed E-state index contributed by atoms with van der Waals surface area (Å²) in [5.74, 6) is 0.971. The van der Waals surface area contributed by atoms with Crippen LogP contribution in [0.4, 0.5) is 11.4 Å². The Morgan fingerprint density at radius 2 is 1.58 bits per heavy atom. The van der Waals surface area contributed by atoms with E-state index in [2.05, 4.69) is 20.5 Å². The minimum Gasteiger partial charge on any atom is -0.456 e. The molecule has 3 aromatic rings. The van der Waals surface area contributed by atoms with Gasteiger partial charge in [0.1, 0.15) is 11.5 Å². The topological polar surface area (TPSA) is 83.6 Å². The number of aromatic nitrogens is 1. The smallest absolute Gasteiger partial charge is 0.255 e. The van der Waals surface area contributed by atoms with E-state index in [1.54, 1.807) is 54.9 Å². The second-order valence-electron chi connectivity index (χ2n) is 8.09. The molecule has 0 atom stereocenters. The molecule has 7 nitrogen and oxygen atoms in total. The molecule has 2 heterocycles. The third-order valence-corrected chi connectivity index (χ3v) is 5.46. The van der Waals surface area contributed by atoms with Crippen molar-refractivity contribution in [2.24, 2.45) is 0 Å². The van der Waals surface area contributed by atoms with Gasteiger partial charge >= 0.3 is 0 Å². The summed E-state index contributed by atoms with van der Waals surface area (Å²) < 4.78 is 5.71. The Bertz CT molecular complexity index is 1060. The first-order chi connectivity index (χ1) is 16.2. The van der Waals surface area contributed by atoms with E-state index in [1.807, 2.05) is 18.2 Å². The average molecular weight is 445 g/mol. The van der Waals surface area contributed by atoms with Crippen LogP contribution in [0, 0.1) is 0 Å². The van der Waals surface area contributed by atoms with Crippen LogP contribution >= 0.6 is 0 Å². The van der Waals surface area contributed by atoms with E-state index in [9.17, 15) is 9.59 Å². The Hall–Kier alpha value is -3.71. The van der Waals surface area contributed by atoms with Gasteiger partial charge in [0.05, 0.1) is 12.7 Å². The molecule has 7 heteroatoms. The van der Waals surface area contributed by atoms with Gasteiger partial charge in [0, 0.05) is 23.1 Å². The predicted octanol–water partition coefficient (Wildman–Crippen LogP) is 4.94. The van der Waals surface area contributed by atoms with Crippen LogP contribution < -0.4 is 15.4 Å². The largest absolute Gasteiger partial charge is 0.456 e. The van der Waals surface area contributed by atoms with Crippen LogP contribution in [0.15, 0.2) is 73.1 Å². The molecule has 170 valence electrons. The molecule has 1 aromatic heterocycles. The van der Waals surface area contributed by atoms with Crippen molar-refractivity contribution in [3.8, 4) is 11.5 Å². The molecule has 0 unspecified atom stereocenters. The summed E-state index contributed by atoms with van der Waals surface area (Å²) in [6.45, 7) is 2.33. The van der Waals surface area contributed by atoms with Crippen molar-refractivity contribution in [3.63, 3.8) is 0 Å². The van der Waals surface area contributed by atoms with Crippen molar-refractivity contribution in [3.05, 3.63) is 78.6 Å². The standard InChI is InChI=1S/C26H28N4O3/c31-25(19-30-15-3-1-2-4-16-30)28-21-7-5-8-22(17-21)29-26(32)20-10-12-23(13-11-20)33-24-9-6-14-27-18-24/h5-14,17-18H,1-4,15-16,19H2,(H,28,31)(H,29,32). The number of benzene rings is 2. The van der Waals surface area contributed by atoms with Gasteiger partial charge in [0.25, 0.3) is 5.91 Å². The minimum absolute atomic E-state index is 0.0374. The molecule has 2 aromatic carbocycles. The number of likely N-dealkylation sites (tertiary alicyclic amines) is 1. The molecule has 0 aliphatic carbocycles. The molecule has 0 radical (unpaired) electrons. The van der Waals surface area contributed by atoms with Crippen molar-refractivity contribution in [2.75, 3.05) is 30.3 Å². The summed E-state index contributed by atoms with van der Waals surface area (Å²) in [6.07, 6.45) is 8.06. The molecule has 0 spiro atoms. The Morgan fingerprint density at radius 1 is 0.848 bits per heavy atom. The third kappa shape index (κ3) is 6.89. The Labute approximate surface area is 193 Å². The number of rotatable bonds is 7. The van der Waals surface area contributed by atoms with Gasteiger partial charge in [-0.15, -0.1) is 0 Å². The van der Waals surface area contributed by atoms with Gasteiger partial charge in [-0.2, -0.15) is 0 Å². The van der Waals surface area contributed by atoms with Crippen molar-refractivity contribution in [2.45, 2.75) is 25.7 Å². The van der Waals surface area contributed by atoms with Crippen LogP contribution in [0.2, 0.25) is 0 Å². The minimum atomic E-state index is -0.240. The van der Waals surface area contributed by atoms with Crippen molar-refractivity contribution in [1.82, 2.24) is 9.88 Å². The fourth-order valence-corrected chi connectivity index (χ4v) is 3.79. The first-order valence-corrected chi connectivity index (χ1v) is 11.3. The van der Waals surface area contributed by atoms with Gasteiger partial charge in [-0.3, -0.25) is 19.5 Å². The summed E-state index contributed by atoms with van der Waals surface area (Å²) in [6, 6.07) is 17.7. The lowest BCUT2D eigenvalue weighted by Gasteiger charge is -2.19. The molecule has 1 aliphatic rings. The van der Waals surface area contributed by atoms with Crippen LogP contribution in [0.5, 0.6) is 11.5 Å². The van der Waals surface area contributed by atoms with E-state index in [-0.39, 0.29) is 11.8 Å². The highest BCUT2D eigenvalue weighted by Gasteiger charge is 2.13. The third-order valence-electron chi connectivity index (χ3n) is 5.46. The number of nitrogens with one attached hydrogen (secondary N) is 2. The fraction of sp³-hybridized carbons (Fsp3) is 0.269. The van der Waals surface area contributed by atoms with E-state index >= 15 is 0 Å². The highest BCUT2D eigenvalue weighted by molar-refractivity contribution is 6.04. The number of nitrogens with zero attached hydrogens (tertiary/aromatic N) is 2. The van der Waals surface area contributed by atoms with Crippen LogP contribution in [-0.4, -0.2) is 41.3 Å². The van der Waals surface area contributed by atoms with E-state index in [0.717, 1.165) is 25.9 Å². The number of pyridine rings is 1. The zero-order valence-electron chi connectivity index (χ0n) is 18.5. The second-order valence-corrected chi connectivity index (χ2v) is 8.09. The summed E-state index contributed by atoms with van der Waals surface area (Å²) in [5.41, 5.74) is 1.78. The van der Waals surface area contributed by atoms with Gasteiger partial charge < -0.3 is 15.4 Å². The summed E-state index contributed by atoms with van der Waals surface area (Å²) in [7, 11) is 0. The number of carbonyl (C=O) groups excluding carboxylic acids is 2. The molecule has 1 saturated heterocycles. The Balaban J connectivity index is 1.31. The van der Waals surface area contributed by atoms with Gasteiger partial charge in [0.2, 0.25) is 5.91 Å². The summed E-state index contributed by atoms with van der Waals surface area (Å²) in [5, 5.41) is 5.82. The number of carbonyl (C=O) groups is 2. The van der Waals surface area contributed by atoms with E-state index in [0.29, 0.717) is 35.0 Å². The number of amides is 2. The fourth-order valence-electron chi connectivity index (χ4n) is 3.79. The van der Waals surface area contributed by atoms with Gasteiger partial charge in [-0.1, -0.05) is 18.9 Å². The number of ether oxygens (including phenoxy) is 1. The van der Waals surface area contributed by atoms with Crippen LogP contribution in [0.25, 0.3) is 0 Å². The zero-order valence-corrected chi connectivity index (χ0v) is 18.5. The first kappa shape index (κ1) is 22.5. The number of hydrogen-bond acceptors (Lipinski definition) is 5. The molecule has 0 saturated carbocycles. The molecule has 33 heavy (non-hydrogen) atoms. The lowest BCUT2D eigenvalue weighted by Crippen LogP contribution is -2.33. The van der Waals surface area contributed by atoms with Crippen LogP contribution in [0.1, 0.15) is 36.0 Å². The van der Waals surface area contributed by atoms with E-state index in [1.165, 1.54) is 12.8 Å². The normalized spacial score (nSPS) is 14.2. The maximum atomic E-state index is 12.7. The molecule has 2 amide bonds. The molecular formula is C26H28N4O3. The Kier molecular flexibility index (Phi) is 7.66. The SMILES string of the molecule is O=C(CN1CCCCCC1)Nc1cccc(NC(=O)c2ccc(Oc3cccnc3)cc2)c1. The number of hydrogen-bond donors (Lipinski definition) is 2. The second kappa shape index (κ2) is 11.2. The maximum Gasteiger partial charge on any atom is 0.255 e. The zero-order chi connectivity index (χ0) is 22.9. The monoisotopic (exact) mass is 444 g/mol. The van der Waals surface area contributed by atoms with Gasteiger partial charge in [-0.05, 0) is 80.5 Å². The van der Waals surface area contributed by atoms with Crippen molar-refractivity contribution < 1.29 is 14.3 Å². The highest BCUT2D eigenvalue weighted by Crippen LogP contribution is 2.21. The first-order valence-electron chi connectivity index (χ1n) is 11.3. The molecule has 4 rings (SSSR count). The highest BCUT2D eigenvalue weighted by atomic mass is 16.5. The molecule has 2 N–H and O–H groups in total. The van der Waals surface area contributed by atoms with Gasteiger partial charge in [0.15, 0.2) is 0 Å². The molecule has 1 aliphatic heterocycles. The van der Waals surface area contributed by atoms with E-state index < -0.39 is 0 Å². The molecule has 0 bridgehead atoms. The number of anilines is 2. The van der Waals surface area contributed by atoms with Gasteiger partial charge in [-0.25, -0.2) is 0 Å². The van der Waals surface area contributed by atoms with Crippen LogP contribution in [0.3, 0.4) is 0 Å². The van der Waals surface area contributed by atoms with Crippen molar-refractivity contribution in [1.29, 1.82) is 0 Å². The van der Waals surface area contributed by atoms with E-state index in [4.69, 9.17) is 4.74 Å². The molecular weight excluding hydrogens is 416 g/mol. The molecule has 1 fully saturated rings. The quantitative estimate of drug-likeness (QED) is 0.539. The predicted molar refractivity (Wildman–Crippen MR) is 129 cm³/mol. The van der Waals surface area contributed by atoms with Crippen LogP contribution in [-0.2, 0) is 4.79 Å².